The van der Waals surface area contributed by atoms with Crippen LogP contribution < -0.4 is 15.8 Å². The minimum absolute atomic E-state index is 0.202. The molecule has 0 radical (unpaired) electrons. The topological polar surface area (TPSA) is 90.4 Å². The molecule has 2 rings (SSSR count). The van der Waals surface area contributed by atoms with Crippen molar-refractivity contribution in [3.63, 3.8) is 0 Å². The van der Waals surface area contributed by atoms with Crippen molar-refractivity contribution in [3.05, 3.63) is 41.8 Å². The molecule has 0 unspecified atom stereocenters. The van der Waals surface area contributed by atoms with E-state index in [0.29, 0.717) is 30.2 Å². The van der Waals surface area contributed by atoms with Crippen molar-refractivity contribution in [1.82, 2.24) is 5.16 Å². The smallest absolute Gasteiger partial charge is 0.294 e. The van der Waals surface area contributed by atoms with Gasteiger partial charge in [0.1, 0.15) is 12.4 Å². The van der Waals surface area contributed by atoms with Crippen LogP contribution in [0.1, 0.15) is 16.1 Å². The van der Waals surface area contributed by atoms with Crippen LogP contribution >= 0.6 is 0 Å². The van der Waals surface area contributed by atoms with Gasteiger partial charge in [-0.25, -0.2) is 0 Å². The molecule has 6 nitrogen and oxygen atoms in total. The number of nitrogens with zero attached hydrogens (tertiary/aromatic N) is 1. The van der Waals surface area contributed by atoms with E-state index in [1.54, 1.807) is 31.2 Å². The molecule has 1 heterocycles. The average Bonchev–Trinajstić information content (AvgIpc) is 2.83. The van der Waals surface area contributed by atoms with Crippen LogP contribution in [0, 0.1) is 6.92 Å². The number of amides is 1. The summed E-state index contributed by atoms with van der Waals surface area (Å²) in [4.78, 5) is 11.9. The molecular formula is C13H15N3O3. The fraction of sp³-hybridized carbons (Fsp3) is 0.231. The quantitative estimate of drug-likeness (QED) is 0.852. The molecule has 0 aliphatic carbocycles. The number of rotatable bonds is 5. The zero-order valence-corrected chi connectivity index (χ0v) is 10.6. The molecule has 0 saturated heterocycles. The van der Waals surface area contributed by atoms with Crippen LogP contribution in [0.25, 0.3) is 0 Å². The van der Waals surface area contributed by atoms with Crippen molar-refractivity contribution in [2.45, 2.75) is 6.92 Å². The summed E-state index contributed by atoms with van der Waals surface area (Å²) in [6.07, 6.45) is 1.50. The minimum Gasteiger partial charge on any atom is -0.492 e. The third-order valence-corrected chi connectivity index (χ3v) is 2.43. The van der Waals surface area contributed by atoms with E-state index >= 15 is 0 Å². The Morgan fingerprint density at radius 1 is 1.53 bits per heavy atom. The first-order valence-corrected chi connectivity index (χ1v) is 5.86. The summed E-state index contributed by atoms with van der Waals surface area (Å²) in [5.41, 5.74) is 6.67. The van der Waals surface area contributed by atoms with Gasteiger partial charge >= 0.3 is 0 Å². The van der Waals surface area contributed by atoms with Gasteiger partial charge in [-0.1, -0.05) is 11.2 Å². The number of hydrogen-bond acceptors (Lipinski definition) is 5. The second-order valence-electron chi connectivity index (χ2n) is 3.96. The number of carbonyl (C=O) groups is 1. The maximum absolute atomic E-state index is 11.9. The molecule has 1 amide bonds. The molecule has 1 aromatic heterocycles. The number of anilines is 1. The third-order valence-electron chi connectivity index (χ3n) is 2.43. The van der Waals surface area contributed by atoms with Crippen LogP contribution in [0.3, 0.4) is 0 Å². The molecular weight excluding hydrogens is 246 g/mol. The molecule has 0 aliphatic rings. The zero-order chi connectivity index (χ0) is 13.7. The molecule has 3 N–H and O–H groups in total. The van der Waals surface area contributed by atoms with Crippen molar-refractivity contribution in [1.29, 1.82) is 0 Å². The van der Waals surface area contributed by atoms with Gasteiger partial charge in [0.2, 0.25) is 5.76 Å². The Morgan fingerprint density at radius 2 is 2.37 bits per heavy atom. The monoisotopic (exact) mass is 261 g/mol. The average molecular weight is 261 g/mol. The minimum atomic E-state index is -0.342. The lowest BCUT2D eigenvalue weighted by molar-refractivity contribution is 0.0987. The van der Waals surface area contributed by atoms with Gasteiger partial charge in [0.25, 0.3) is 5.91 Å². The predicted octanol–water partition coefficient (Wildman–Crippen LogP) is 1.57. The number of benzene rings is 1. The van der Waals surface area contributed by atoms with Crippen molar-refractivity contribution < 1.29 is 14.1 Å². The van der Waals surface area contributed by atoms with Crippen LogP contribution in [-0.2, 0) is 0 Å². The summed E-state index contributed by atoms with van der Waals surface area (Å²) in [6, 6.07) is 7.07. The highest BCUT2D eigenvalue weighted by Crippen LogP contribution is 2.18. The highest BCUT2D eigenvalue weighted by atomic mass is 16.5. The lowest BCUT2D eigenvalue weighted by atomic mass is 10.2. The molecule has 0 bridgehead atoms. The fourth-order valence-corrected chi connectivity index (χ4v) is 1.54. The first kappa shape index (κ1) is 13.1. The number of carbonyl (C=O) groups excluding carboxylic acids is 1. The van der Waals surface area contributed by atoms with Crippen LogP contribution in [-0.4, -0.2) is 24.2 Å². The van der Waals surface area contributed by atoms with E-state index in [-0.39, 0.29) is 11.7 Å². The summed E-state index contributed by atoms with van der Waals surface area (Å²) in [5.74, 6) is 0.511. The molecule has 100 valence electrons. The molecule has 0 aliphatic heterocycles. The second kappa shape index (κ2) is 6.01. The van der Waals surface area contributed by atoms with E-state index in [1.165, 1.54) is 6.20 Å². The van der Waals surface area contributed by atoms with E-state index in [1.807, 2.05) is 0 Å². The van der Waals surface area contributed by atoms with E-state index in [2.05, 4.69) is 10.5 Å². The maximum Gasteiger partial charge on any atom is 0.294 e. The van der Waals surface area contributed by atoms with Crippen molar-refractivity contribution >= 4 is 11.6 Å². The van der Waals surface area contributed by atoms with E-state index in [0.717, 1.165) is 0 Å². The highest BCUT2D eigenvalue weighted by Gasteiger charge is 2.14. The Labute approximate surface area is 110 Å². The summed E-state index contributed by atoms with van der Waals surface area (Å²) < 4.78 is 10.3. The van der Waals surface area contributed by atoms with Crippen molar-refractivity contribution in [2.24, 2.45) is 5.73 Å². The molecule has 1 aromatic carbocycles. The summed E-state index contributed by atoms with van der Waals surface area (Å²) in [5, 5.41) is 6.29. The number of hydrogen-bond donors (Lipinski definition) is 2. The Hall–Kier alpha value is -2.34. The van der Waals surface area contributed by atoms with Crippen LogP contribution in [0.4, 0.5) is 5.69 Å². The Bertz CT molecular complexity index is 566. The normalized spacial score (nSPS) is 10.2. The lowest BCUT2D eigenvalue weighted by Gasteiger charge is -2.07. The standard InChI is InChI=1S/C13H15N3O3/c1-9-8-15-19-12(9)13(17)16-10-3-2-4-11(7-10)18-6-5-14/h2-4,7-8H,5-6,14H2,1H3,(H,16,17). The molecule has 0 saturated carbocycles. The van der Waals surface area contributed by atoms with E-state index in [4.69, 9.17) is 15.0 Å². The Kier molecular flexibility index (Phi) is 4.15. The van der Waals surface area contributed by atoms with Gasteiger partial charge in [-0.2, -0.15) is 0 Å². The fourth-order valence-electron chi connectivity index (χ4n) is 1.54. The summed E-state index contributed by atoms with van der Waals surface area (Å²) in [6.45, 7) is 2.62. The van der Waals surface area contributed by atoms with Gasteiger partial charge in [0.15, 0.2) is 0 Å². The van der Waals surface area contributed by atoms with Gasteiger partial charge in [-0.15, -0.1) is 0 Å². The predicted molar refractivity (Wildman–Crippen MR) is 70.2 cm³/mol. The molecule has 19 heavy (non-hydrogen) atoms. The van der Waals surface area contributed by atoms with Gasteiger partial charge in [-0.05, 0) is 19.1 Å². The van der Waals surface area contributed by atoms with Crippen molar-refractivity contribution in [2.75, 3.05) is 18.5 Å². The lowest BCUT2D eigenvalue weighted by Crippen LogP contribution is -2.13. The first-order chi connectivity index (χ1) is 9.20. The number of nitrogens with two attached hydrogens (primary N) is 1. The Balaban J connectivity index is 2.07. The number of ether oxygens (including phenoxy) is 1. The van der Waals surface area contributed by atoms with Crippen LogP contribution in [0.15, 0.2) is 35.0 Å². The van der Waals surface area contributed by atoms with E-state index in [9.17, 15) is 4.79 Å². The number of aromatic nitrogens is 1. The van der Waals surface area contributed by atoms with Gasteiger partial charge in [0.05, 0.1) is 6.20 Å². The zero-order valence-electron chi connectivity index (χ0n) is 10.6. The summed E-state index contributed by atoms with van der Waals surface area (Å²) in [7, 11) is 0. The third kappa shape index (κ3) is 3.32. The van der Waals surface area contributed by atoms with Gasteiger partial charge in [-0.3, -0.25) is 4.79 Å². The highest BCUT2D eigenvalue weighted by molar-refractivity contribution is 6.03. The largest absolute Gasteiger partial charge is 0.492 e. The maximum atomic E-state index is 11.9. The molecule has 0 spiro atoms. The summed E-state index contributed by atoms with van der Waals surface area (Å²) >= 11 is 0. The van der Waals surface area contributed by atoms with E-state index < -0.39 is 0 Å². The van der Waals surface area contributed by atoms with Crippen LogP contribution in [0.5, 0.6) is 5.75 Å². The van der Waals surface area contributed by atoms with Gasteiger partial charge < -0.3 is 20.3 Å². The molecule has 2 aromatic rings. The molecule has 6 heteroatoms. The SMILES string of the molecule is Cc1cnoc1C(=O)Nc1cccc(OCCN)c1. The van der Waals surface area contributed by atoms with Crippen LogP contribution in [0.2, 0.25) is 0 Å². The van der Waals surface area contributed by atoms with Crippen molar-refractivity contribution in [3.8, 4) is 5.75 Å². The number of aryl methyl sites for hydroxylation is 1. The first-order valence-electron chi connectivity index (χ1n) is 5.86. The van der Waals surface area contributed by atoms with Gasteiger partial charge in [0, 0.05) is 23.9 Å². The Morgan fingerprint density at radius 3 is 3.05 bits per heavy atom. The molecule has 0 fully saturated rings. The number of nitrogens with one attached hydrogen (secondary N) is 1. The molecule has 0 atom stereocenters. The second-order valence-corrected chi connectivity index (χ2v) is 3.96.